The van der Waals surface area contributed by atoms with Crippen LogP contribution in [0.2, 0.25) is 0 Å². The quantitative estimate of drug-likeness (QED) is 0.363. The highest BCUT2D eigenvalue weighted by Gasteiger charge is 2.09. The second-order valence-electron chi connectivity index (χ2n) is 4.90. The van der Waals surface area contributed by atoms with Crippen LogP contribution in [0.5, 0.6) is 0 Å². The van der Waals surface area contributed by atoms with Gasteiger partial charge in [0.05, 0.1) is 26.2 Å². The van der Waals surface area contributed by atoms with Crippen molar-refractivity contribution in [2.45, 2.75) is 52.2 Å². The molecule has 0 bridgehead atoms. The lowest BCUT2D eigenvalue weighted by Gasteiger charge is -2.10. The fourth-order valence-electron chi connectivity index (χ4n) is 1.61. The van der Waals surface area contributed by atoms with Gasteiger partial charge in [0.2, 0.25) is 0 Å². The summed E-state index contributed by atoms with van der Waals surface area (Å²) in [6, 6.07) is 1.75. The highest BCUT2D eigenvalue weighted by atomic mass is 16.6. The number of ether oxygens (including phenoxy) is 2. The number of nitrogens with zero attached hydrogens (tertiary/aromatic N) is 2. The fraction of sp³-hybridized carbons (Fsp3) is 0.706. The van der Waals surface area contributed by atoms with E-state index in [1.165, 1.54) is 53.5 Å². The molecule has 1 saturated heterocycles. The minimum Gasteiger partial charge on any atom is -0.831 e. The normalized spacial score (nSPS) is 15.0. The number of methoxy groups -OCH3 is 2. The first-order valence-electron chi connectivity index (χ1n) is 7.92. The molecular formula is C17H28N3O4-. The molecule has 1 heterocycles. The van der Waals surface area contributed by atoms with Crippen LogP contribution in [-0.4, -0.2) is 39.6 Å². The number of nitrogens with one attached hydrogen (secondary N) is 1. The molecule has 136 valence electrons. The van der Waals surface area contributed by atoms with E-state index in [1.54, 1.807) is 13.0 Å². The van der Waals surface area contributed by atoms with Crippen molar-refractivity contribution in [2.24, 2.45) is 0 Å². The number of esters is 1. The van der Waals surface area contributed by atoms with E-state index in [2.05, 4.69) is 19.6 Å². The number of rotatable bonds is 4. The maximum atomic E-state index is 10.8. The van der Waals surface area contributed by atoms with Gasteiger partial charge in [0.1, 0.15) is 0 Å². The molecule has 7 heteroatoms. The highest BCUT2D eigenvalue weighted by Crippen LogP contribution is 2.14. The van der Waals surface area contributed by atoms with Crippen LogP contribution in [0.3, 0.4) is 0 Å². The maximum absolute atomic E-state index is 10.8. The fourth-order valence-corrected chi connectivity index (χ4v) is 1.61. The van der Waals surface area contributed by atoms with Crippen LogP contribution in [0, 0.1) is 17.9 Å². The molecule has 1 aliphatic heterocycles. The molecule has 0 aromatic carbocycles. The topological polar surface area (TPSA) is 98.8 Å². The summed E-state index contributed by atoms with van der Waals surface area (Å²) >= 11 is 0. The van der Waals surface area contributed by atoms with Gasteiger partial charge in [-0.15, -0.1) is 0 Å². The van der Waals surface area contributed by atoms with E-state index in [4.69, 9.17) is 11.8 Å². The minimum absolute atomic E-state index is 0.00657. The van der Waals surface area contributed by atoms with Crippen molar-refractivity contribution >= 4 is 5.97 Å². The van der Waals surface area contributed by atoms with Crippen LogP contribution in [0.15, 0.2) is 11.3 Å². The monoisotopic (exact) mass is 338 g/mol. The summed E-state index contributed by atoms with van der Waals surface area (Å²) in [7, 11) is 2.66. The third-order valence-corrected chi connectivity index (χ3v) is 3.10. The van der Waals surface area contributed by atoms with Gasteiger partial charge in [0.25, 0.3) is 5.70 Å². The summed E-state index contributed by atoms with van der Waals surface area (Å²) in [5.74, 6) is -0.423. The van der Waals surface area contributed by atoms with Crippen molar-refractivity contribution in [3.05, 3.63) is 22.7 Å². The molecular weight excluding hydrogens is 310 g/mol. The molecule has 0 aromatic heterocycles. The van der Waals surface area contributed by atoms with E-state index in [9.17, 15) is 9.90 Å². The number of allylic oxidation sites excluding steroid dienone is 1. The van der Waals surface area contributed by atoms with E-state index >= 15 is 0 Å². The lowest BCUT2D eigenvalue weighted by molar-refractivity contribution is -0.480. The van der Waals surface area contributed by atoms with E-state index in [0.29, 0.717) is 12.0 Å². The molecule has 1 aliphatic rings. The molecule has 0 amide bonds. The minimum atomic E-state index is -0.866. The average Bonchev–Trinajstić information content (AvgIpc) is 2.63. The number of carbonyl (C=O) groups is 1. The Labute approximate surface area is 145 Å². The predicted octanol–water partition coefficient (Wildman–Crippen LogP) is 1.76. The van der Waals surface area contributed by atoms with Crippen LogP contribution >= 0.6 is 0 Å². The summed E-state index contributed by atoms with van der Waals surface area (Å²) < 4.78 is 8.63. The van der Waals surface area contributed by atoms with E-state index < -0.39 is 12.3 Å². The third kappa shape index (κ3) is 15.0. The molecule has 1 fully saturated rings. The Hall–Kier alpha value is -1.93. The van der Waals surface area contributed by atoms with Gasteiger partial charge >= 0.3 is 5.97 Å². The first-order valence-corrected chi connectivity index (χ1v) is 7.92. The van der Waals surface area contributed by atoms with Crippen molar-refractivity contribution < 1.29 is 19.4 Å². The lowest BCUT2D eigenvalue weighted by atomic mass is 10.1. The molecule has 0 saturated carbocycles. The largest absolute Gasteiger partial charge is 0.831 e. The Balaban J connectivity index is 0. The maximum Gasteiger partial charge on any atom is 0.308 e. The number of nitriles is 1. The molecule has 24 heavy (non-hydrogen) atoms. The summed E-state index contributed by atoms with van der Waals surface area (Å²) in [6.07, 6.45) is 3.89. The Morgan fingerprint density at radius 3 is 2.12 bits per heavy atom. The standard InChI is InChI=1S/C9H10N2O2.C5H11N.C3H7O2/c1-4-7(5-9(12)13-3)8(6-10)11-2;1-2-4-6-5-3-1;1-3(4)5-2/h4-5H2,1,3H3;6H,1-5H2;3H,1-2H3/q;;-1/b8-7-;;. The number of piperidine rings is 1. The Morgan fingerprint density at radius 2 is 1.92 bits per heavy atom. The van der Waals surface area contributed by atoms with Gasteiger partial charge in [-0.1, -0.05) is 20.3 Å². The van der Waals surface area contributed by atoms with Crippen molar-refractivity contribution in [2.75, 3.05) is 27.3 Å². The van der Waals surface area contributed by atoms with Gasteiger partial charge in [0, 0.05) is 7.11 Å². The number of hydrogen-bond donors (Lipinski definition) is 1. The van der Waals surface area contributed by atoms with Crippen LogP contribution in [-0.2, 0) is 14.3 Å². The lowest BCUT2D eigenvalue weighted by Crippen LogP contribution is -2.21. The Morgan fingerprint density at radius 1 is 1.38 bits per heavy atom. The van der Waals surface area contributed by atoms with Gasteiger partial charge in [-0.3, -0.25) is 4.79 Å². The van der Waals surface area contributed by atoms with Crippen LogP contribution < -0.4 is 10.4 Å². The Bertz CT molecular complexity index is 416. The smallest absolute Gasteiger partial charge is 0.308 e. The first-order chi connectivity index (χ1) is 11.5. The molecule has 0 radical (unpaired) electrons. The van der Waals surface area contributed by atoms with E-state index in [-0.39, 0.29) is 12.1 Å². The molecule has 1 unspecified atom stereocenters. The van der Waals surface area contributed by atoms with E-state index in [1.807, 2.05) is 0 Å². The summed E-state index contributed by atoms with van der Waals surface area (Å²) in [6.45, 7) is 12.4. The zero-order valence-corrected chi connectivity index (χ0v) is 15.1. The Kier molecular flexibility index (Phi) is 17.7. The zero-order valence-electron chi connectivity index (χ0n) is 15.1. The van der Waals surface area contributed by atoms with Crippen molar-refractivity contribution in [1.82, 2.24) is 5.32 Å². The van der Waals surface area contributed by atoms with Crippen molar-refractivity contribution in [3.63, 3.8) is 0 Å². The second-order valence-corrected chi connectivity index (χ2v) is 4.90. The molecule has 1 rings (SSSR count). The van der Waals surface area contributed by atoms with Gasteiger partial charge in [-0.2, -0.15) is 0 Å². The average molecular weight is 338 g/mol. The third-order valence-electron chi connectivity index (χ3n) is 3.10. The van der Waals surface area contributed by atoms with Crippen LogP contribution in [0.25, 0.3) is 4.85 Å². The molecule has 1 atom stereocenters. The first kappa shape index (κ1) is 24.3. The molecule has 7 nitrogen and oxygen atoms in total. The zero-order chi connectivity index (χ0) is 18.8. The predicted molar refractivity (Wildman–Crippen MR) is 89.4 cm³/mol. The molecule has 0 aromatic rings. The van der Waals surface area contributed by atoms with Crippen molar-refractivity contribution in [1.29, 1.82) is 5.26 Å². The van der Waals surface area contributed by atoms with Gasteiger partial charge in [-0.05, 0) is 44.2 Å². The van der Waals surface area contributed by atoms with Gasteiger partial charge < -0.3 is 19.9 Å². The summed E-state index contributed by atoms with van der Waals surface area (Å²) in [5.41, 5.74) is 0.525. The number of carbonyl (C=O) groups excluding carboxylic acids is 1. The van der Waals surface area contributed by atoms with Crippen LogP contribution in [0.1, 0.15) is 46.0 Å². The SMILES string of the molecule is C1CCNCC1.COC(C)[O-].[C-]#[N+]/C(C#N)=C(/CC)CC(=O)OC. The molecule has 0 aliphatic carbocycles. The summed E-state index contributed by atoms with van der Waals surface area (Å²) in [4.78, 5) is 13.9. The van der Waals surface area contributed by atoms with Gasteiger partial charge in [0.15, 0.2) is 0 Å². The van der Waals surface area contributed by atoms with Gasteiger partial charge in [-0.25, -0.2) is 10.1 Å². The van der Waals surface area contributed by atoms with Crippen LogP contribution in [0.4, 0.5) is 0 Å². The summed E-state index contributed by atoms with van der Waals surface area (Å²) in [5, 5.41) is 21.5. The van der Waals surface area contributed by atoms with Crippen molar-refractivity contribution in [3.8, 4) is 6.07 Å². The molecule has 1 N–H and O–H groups in total. The second kappa shape index (κ2) is 17.4. The highest BCUT2D eigenvalue weighted by molar-refractivity contribution is 5.73. The van der Waals surface area contributed by atoms with E-state index in [0.717, 1.165) is 0 Å². The molecule has 0 spiro atoms. The number of hydrogen-bond acceptors (Lipinski definition) is 6.